The van der Waals surface area contributed by atoms with Crippen LogP contribution in [-0.4, -0.2) is 58.2 Å². The fraction of sp³-hybridized carbons (Fsp3) is 0.130. The molecule has 0 saturated carbocycles. The fourth-order valence-electron chi connectivity index (χ4n) is 3.31. The number of amides is 1. The van der Waals surface area contributed by atoms with Crippen LogP contribution in [0.2, 0.25) is 0 Å². The van der Waals surface area contributed by atoms with Crippen LogP contribution in [0, 0.1) is 0 Å². The predicted octanol–water partition coefficient (Wildman–Crippen LogP) is 3.12. The molecule has 5 rings (SSSR count). The number of hydrogen-bond acceptors (Lipinski definition) is 7. The molecule has 4 heterocycles. The van der Waals surface area contributed by atoms with E-state index < -0.39 is 0 Å². The van der Waals surface area contributed by atoms with E-state index in [0.29, 0.717) is 18.0 Å². The van der Waals surface area contributed by atoms with Crippen molar-refractivity contribution in [2.45, 2.75) is 11.6 Å². The van der Waals surface area contributed by atoms with Crippen molar-refractivity contribution in [2.24, 2.45) is 0 Å². The van der Waals surface area contributed by atoms with Crippen LogP contribution < -0.4 is 0 Å². The van der Waals surface area contributed by atoms with Gasteiger partial charge in [-0.15, -0.1) is 10.2 Å². The number of rotatable bonds is 7. The van der Waals surface area contributed by atoms with Gasteiger partial charge in [-0.1, -0.05) is 23.9 Å². The topological polar surface area (TPSA) is 94.1 Å². The molecule has 0 aliphatic heterocycles. The first kappa shape index (κ1) is 20.8. The highest BCUT2D eigenvalue weighted by Crippen LogP contribution is 2.20. The number of thioether (sulfide) groups is 1. The van der Waals surface area contributed by atoms with Gasteiger partial charge >= 0.3 is 0 Å². The number of benzene rings is 1. The molecule has 1 aromatic carbocycles. The van der Waals surface area contributed by atoms with Crippen LogP contribution in [0.15, 0.2) is 84.4 Å². The number of pyridine rings is 1. The lowest BCUT2D eigenvalue weighted by Gasteiger charge is -2.17. The number of carbonyl (C=O) groups is 1. The van der Waals surface area contributed by atoms with Crippen LogP contribution >= 0.6 is 11.8 Å². The summed E-state index contributed by atoms with van der Waals surface area (Å²) in [5.41, 5.74) is 3.50. The predicted molar refractivity (Wildman–Crippen MR) is 125 cm³/mol. The molecule has 0 saturated heterocycles. The Morgan fingerprint density at radius 3 is 2.67 bits per heavy atom. The highest BCUT2D eigenvalue weighted by molar-refractivity contribution is 7.99. The molecule has 0 fully saturated rings. The van der Waals surface area contributed by atoms with E-state index in [1.165, 1.54) is 11.8 Å². The van der Waals surface area contributed by atoms with Crippen LogP contribution in [0.4, 0.5) is 0 Å². The number of hydrogen-bond donors (Lipinski definition) is 0. The van der Waals surface area contributed by atoms with Gasteiger partial charge in [0.1, 0.15) is 5.03 Å². The van der Waals surface area contributed by atoms with E-state index in [1.54, 1.807) is 39.7 Å². The first-order valence-corrected chi connectivity index (χ1v) is 11.2. The van der Waals surface area contributed by atoms with Crippen LogP contribution in [0.25, 0.3) is 22.7 Å². The van der Waals surface area contributed by atoms with Crippen molar-refractivity contribution in [1.82, 2.24) is 39.5 Å². The summed E-state index contributed by atoms with van der Waals surface area (Å²) in [4.78, 5) is 18.5. The Kier molecular flexibility index (Phi) is 5.81. The van der Waals surface area contributed by atoms with Gasteiger partial charge in [0.25, 0.3) is 0 Å². The Labute approximate surface area is 194 Å². The molecule has 0 spiro atoms. The van der Waals surface area contributed by atoms with Gasteiger partial charge in [0, 0.05) is 43.9 Å². The quantitative estimate of drug-likeness (QED) is 0.347. The molecule has 33 heavy (non-hydrogen) atoms. The third-order valence-electron chi connectivity index (χ3n) is 5.05. The summed E-state index contributed by atoms with van der Waals surface area (Å²) in [6.07, 6.45) is 7.07. The molecule has 164 valence electrons. The maximum Gasteiger partial charge on any atom is 0.233 e. The molecule has 9 nitrogen and oxygen atoms in total. The zero-order valence-electron chi connectivity index (χ0n) is 17.8. The van der Waals surface area contributed by atoms with Crippen molar-refractivity contribution in [1.29, 1.82) is 0 Å². The van der Waals surface area contributed by atoms with E-state index in [-0.39, 0.29) is 11.7 Å². The second-order valence-electron chi connectivity index (χ2n) is 7.36. The standard InChI is InChI=1S/C23H20N8OS/c1-29(15-17-5-7-19(8-6-17)30-13-3-12-25-30)22(32)16-33-21-10-9-20-26-27-23(31(20)28-21)18-4-2-11-24-14-18/h2-14H,15-16H2,1H3. The molecule has 1 amide bonds. The van der Waals surface area contributed by atoms with Gasteiger partial charge in [0.05, 0.1) is 11.4 Å². The Bertz CT molecular complexity index is 1370. The molecule has 0 N–H and O–H groups in total. The second-order valence-corrected chi connectivity index (χ2v) is 8.36. The van der Waals surface area contributed by atoms with Crippen LogP contribution in [0.1, 0.15) is 5.56 Å². The first-order chi connectivity index (χ1) is 16.2. The van der Waals surface area contributed by atoms with Crippen molar-refractivity contribution >= 4 is 23.3 Å². The monoisotopic (exact) mass is 456 g/mol. The molecule has 0 bridgehead atoms. The van der Waals surface area contributed by atoms with Gasteiger partial charge in [-0.3, -0.25) is 9.78 Å². The molecular formula is C23H20N8OS. The Morgan fingerprint density at radius 1 is 1.03 bits per heavy atom. The minimum Gasteiger partial charge on any atom is -0.341 e. The van der Waals surface area contributed by atoms with E-state index in [2.05, 4.69) is 25.4 Å². The van der Waals surface area contributed by atoms with Crippen LogP contribution in [0.3, 0.4) is 0 Å². The van der Waals surface area contributed by atoms with E-state index in [1.807, 2.05) is 60.8 Å². The minimum absolute atomic E-state index is 0.0225. The Hall–Kier alpha value is -4.05. The zero-order chi connectivity index (χ0) is 22.6. The molecule has 5 aromatic rings. The average Bonchev–Trinajstić information content (AvgIpc) is 3.54. The van der Waals surface area contributed by atoms with Crippen molar-refractivity contribution < 1.29 is 4.79 Å². The first-order valence-electron chi connectivity index (χ1n) is 10.3. The Morgan fingerprint density at radius 2 is 1.91 bits per heavy atom. The third-order valence-corrected chi connectivity index (χ3v) is 5.96. The van der Waals surface area contributed by atoms with Gasteiger partial charge < -0.3 is 4.90 Å². The maximum atomic E-state index is 12.7. The minimum atomic E-state index is 0.0225. The van der Waals surface area contributed by atoms with Crippen molar-refractivity contribution in [3.05, 3.63) is 84.9 Å². The van der Waals surface area contributed by atoms with Gasteiger partial charge in [-0.25, -0.2) is 4.68 Å². The highest BCUT2D eigenvalue weighted by Gasteiger charge is 2.13. The van der Waals surface area contributed by atoms with E-state index in [0.717, 1.165) is 21.8 Å². The summed E-state index contributed by atoms with van der Waals surface area (Å²) in [7, 11) is 1.81. The Balaban J connectivity index is 1.22. The SMILES string of the molecule is CN(Cc1ccc(-n2cccn2)cc1)C(=O)CSc1ccc2nnc(-c3cccnc3)n2n1. The summed E-state index contributed by atoms with van der Waals surface area (Å²) >= 11 is 1.38. The molecule has 0 atom stereocenters. The summed E-state index contributed by atoms with van der Waals surface area (Å²) in [5.74, 6) is 0.918. The van der Waals surface area contributed by atoms with Gasteiger partial charge in [0.2, 0.25) is 5.91 Å². The smallest absolute Gasteiger partial charge is 0.233 e. The molecule has 4 aromatic heterocycles. The molecule has 0 aliphatic rings. The number of aromatic nitrogens is 7. The normalized spacial score (nSPS) is 11.1. The van der Waals surface area contributed by atoms with Crippen molar-refractivity contribution in [3.8, 4) is 17.1 Å². The third kappa shape index (κ3) is 4.60. The summed E-state index contributed by atoms with van der Waals surface area (Å²) in [5, 5.41) is 17.9. The number of nitrogens with zero attached hydrogens (tertiary/aromatic N) is 8. The van der Waals surface area contributed by atoms with Crippen molar-refractivity contribution in [3.63, 3.8) is 0 Å². The molecule has 0 radical (unpaired) electrons. The van der Waals surface area contributed by atoms with E-state index >= 15 is 0 Å². The summed E-state index contributed by atoms with van der Waals surface area (Å²) in [6, 6.07) is 17.3. The lowest BCUT2D eigenvalue weighted by atomic mass is 10.2. The average molecular weight is 457 g/mol. The summed E-state index contributed by atoms with van der Waals surface area (Å²) < 4.78 is 3.48. The molecule has 0 unspecified atom stereocenters. The lowest BCUT2D eigenvalue weighted by Crippen LogP contribution is -2.27. The van der Waals surface area contributed by atoms with Crippen LogP contribution in [0.5, 0.6) is 0 Å². The molecule has 10 heteroatoms. The van der Waals surface area contributed by atoms with E-state index in [4.69, 9.17) is 0 Å². The van der Waals surface area contributed by atoms with Crippen LogP contribution in [-0.2, 0) is 11.3 Å². The maximum absolute atomic E-state index is 12.7. The second kappa shape index (κ2) is 9.21. The van der Waals surface area contributed by atoms with Gasteiger partial charge in [-0.05, 0) is 48.0 Å². The van der Waals surface area contributed by atoms with Gasteiger partial charge in [0.15, 0.2) is 11.5 Å². The van der Waals surface area contributed by atoms with Crippen molar-refractivity contribution in [2.75, 3.05) is 12.8 Å². The lowest BCUT2D eigenvalue weighted by molar-refractivity contribution is -0.127. The highest BCUT2D eigenvalue weighted by atomic mass is 32.2. The van der Waals surface area contributed by atoms with Gasteiger partial charge in [-0.2, -0.15) is 14.7 Å². The largest absolute Gasteiger partial charge is 0.341 e. The number of fused-ring (bicyclic) bond motifs is 1. The zero-order valence-corrected chi connectivity index (χ0v) is 18.6. The molecular weight excluding hydrogens is 436 g/mol. The molecule has 0 aliphatic carbocycles. The fourth-order valence-corrected chi connectivity index (χ4v) is 4.10. The summed E-state index contributed by atoms with van der Waals surface area (Å²) in [6.45, 7) is 0.530. The number of carbonyl (C=O) groups excluding carboxylic acids is 1. The van der Waals surface area contributed by atoms with E-state index in [9.17, 15) is 4.79 Å².